The summed E-state index contributed by atoms with van der Waals surface area (Å²) in [5.74, 6) is -1.95. The molecule has 8 heteroatoms. The minimum atomic E-state index is -1.51. The fraction of sp³-hybridized carbons (Fsp3) is 0.625. The molecule has 0 aliphatic rings. The molecule has 0 rings (SSSR count). The summed E-state index contributed by atoms with van der Waals surface area (Å²) in [6, 6.07) is -0.636. The highest BCUT2D eigenvalue weighted by Crippen LogP contribution is 1.88. The normalized spacial score (nSPS) is 11.4. The van der Waals surface area contributed by atoms with E-state index in [1.807, 2.05) is 0 Å². The zero-order valence-corrected chi connectivity index (χ0v) is 8.73. The summed E-state index contributed by atoms with van der Waals surface area (Å²) in [5.41, 5.74) is 0. The lowest BCUT2D eigenvalue weighted by Crippen LogP contribution is -2.40. The van der Waals surface area contributed by atoms with Crippen molar-refractivity contribution in [2.75, 3.05) is 20.2 Å². The number of hydrogen-bond donors (Lipinski definition) is 4. The van der Waals surface area contributed by atoms with E-state index in [1.165, 1.54) is 7.11 Å². The van der Waals surface area contributed by atoms with Gasteiger partial charge in [0, 0.05) is 13.0 Å². The molecule has 0 fully saturated rings. The Labute approximate surface area is 91.6 Å². The van der Waals surface area contributed by atoms with Crippen LogP contribution in [0.2, 0.25) is 0 Å². The van der Waals surface area contributed by atoms with Gasteiger partial charge in [-0.3, -0.25) is 4.79 Å². The monoisotopic (exact) mass is 234 g/mol. The number of methoxy groups -OCH3 is 1. The molecule has 0 aliphatic heterocycles. The first-order valence-corrected chi connectivity index (χ1v) is 4.46. The fourth-order valence-electron chi connectivity index (χ4n) is 0.733. The molecular weight excluding hydrogens is 220 g/mol. The number of urea groups is 1. The van der Waals surface area contributed by atoms with Crippen LogP contribution in [0.4, 0.5) is 4.79 Å². The van der Waals surface area contributed by atoms with Crippen molar-refractivity contribution in [3.8, 4) is 0 Å². The smallest absolute Gasteiger partial charge is 0.332 e. The van der Waals surface area contributed by atoms with E-state index in [0.717, 1.165) is 0 Å². The summed E-state index contributed by atoms with van der Waals surface area (Å²) in [7, 11) is 1.19. The van der Waals surface area contributed by atoms with E-state index in [2.05, 4.69) is 15.4 Å². The maximum absolute atomic E-state index is 11.0. The van der Waals surface area contributed by atoms with Crippen LogP contribution < -0.4 is 10.6 Å². The number of carbonyl (C=O) groups excluding carboxylic acids is 2. The summed E-state index contributed by atoms with van der Waals surface area (Å²) in [6.07, 6.45) is -1.62. The van der Waals surface area contributed by atoms with E-state index in [9.17, 15) is 14.4 Å². The Balaban J connectivity index is 3.58. The van der Waals surface area contributed by atoms with Crippen LogP contribution in [0.5, 0.6) is 0 Å². The number of amides is 2. The lowest BCUT2D eigenvalue weighted by atomic mass is 10.2. The summed E-state index contributed by atoms with van der Waals surface area (Å²) >= 11 is 0. The predicted molar refractivity (Wildman–Crippen MR) is 51.7 cm³/mol. The molecule has 0 bridgehead atoms. The molecule has 1 unspecified atom stereocenters. The second-order valence-electron chi connectivity index (χ2n) is 2.83. The largest absolute Gasteiger partial charge is 0.479 e. The number of hydrogen-bond acceptors (Lipinski definition) is 5. The second-order valence-corrected chi connectivity index (χ2v) is 2.83. The van der Waals surface area contributed by atoms with E-state index in [-0.39, 0.29) is 19.5 Å². The van der Waals surface area contributed by atoms with Gasteiger partial charge in [0.15, 0.2) is 6.10 Å². The number of carbonyl (C=O) groups is 3. The third-order valence-electron chi connectivity index (χ3n) is 1.61. The van der Waals surface area contributed by atoms with Crippen LogP contribution in [0.15, 0.2) is 0 Å². The molecule has 0 aliphatic carbocycles. The van der Waals surface area contributed by atoms with Crippen LogP contribution >= 0.6 is 0 Å². The van der Waals surface area contributed by atoms with Crippen LogP contribution in [-0.2, 0) is 14.3 Å². The van der Waals surface area contributed by atoms with Gasteiger partial charge in [0.05, 0.1) is 7.11 Å². The summed E-state index contributed by atoms with van der Waals surface area (Å²) in [6.45, 7) is -0.287. The molecule has 0 heterocycles. The minimum Gasteiger partial charge on any atom is -0.479 e. The molecule has 0 spiro atoms. The van der Waals surface area contributed by atoms with Crippen LogP contribution in [0.1, 0.15) is 6.42 Å². The van der Waals surface area contributed by atoms with Gasteiger partial charge in [-0.1, -0.05) is 0 Å². The maximum atomic E-state index is 11.0. The Hall–Kier alpha value is -1.83. The molecule has 0 saturated heterocycles. The fourth-order valence-corrected chi connectivity index (χ4v) is 0.733. The minimum absolute atomic E-state index is 0.0134. The van der Waals surface area contributed by atoms with Crippen molar-refractivity contribution in [1.82, 2.24) is 10.6 Å². The second kappa shape index (κ2) is 7.46. The van der Waals surface area contributed by atoms with Gasteiger partial charge in [-0.2, -0.15) is 0 Å². The van der Waals surface area contributed by atoms with Gasteiger partial charge in [0.1, 0.15) is 6.54 Å². The van der Waals surface area contributed by atoms with Crippen molar-refractivity contribution in [1.29, 1.82) is 0 Å². The first-order chi connectivity index (χ1) is 7.47. The Morgan fingerprint density at radius 1 is 1.31 bits per heavy atom. The third kappa shape index (κ3) is 6.60. The summed E-state index contributed by atoms with van der Waals surface area (Å²) in [4.78, 5) is 31.8. The van der Waals surface area contributed by atoms with Gasteiger partial charge < -0.3 is 25.6 Å². The Morgan fingerprint density at radius 2 is 1.94 bits per heavy atom. The van der Waals surface area contributed by atoms with Crippen molar-refractivity contribution >= 4 is 18.0 Å². The molecule has 92 valence electrons. The highest BCUT2D eigenvalue weighted by Gasteiger charge is 2.12. The predicted octanol–water partition coefficient (Wildman–Crippen LogP) is -1.71. The molecule has 1 atom stereocenters. The van der Waals surface area contributed by atoms with Crippen LogP contribution in [0.25, 0.3) is 0 Å². The van der Waals surface area contributed by atoms with E-state index in [1.54, 1.807) is 0 Å². The van der Waals surface area contributed by atoms with Crippen LogP contribution in [-0.4, -0.2) is 54.5 Å². The standard InChI is InChI=1S/C8H14N2O6/c1-16-6(12)4-10-8(15)9-3-2-5(11)7(13)14/h5,11H,2-4H2,1H3,(H,13,14)(H2,9,10,15). The van der Waals surface area contributed by atoms with Gasteiger partial charge in [-0.15, -0.1) is 0 Å². The lowest BCUT2D eigenvalue weighted by molar-refractivity contribution is -0.146. The molecular formula is C8H14N2O6. The lowest BCUT2D eigenvalue weighted by Gasteiger charge is -2.08. The van der Waals surface area contributed by atoms with E-state index in [4.69, 9.17) is 10.2 Å². The Morgan fingerprint density at radius 3 is 2.44 bits per heavy atom. The molecule has 4 N–H and O–H groups in total. The van der Waals surface area contributed by atoms with Gasteiger partial charge in [-0.05, 0) is 0 Å². The number of carboxylic acid groups (broad SMARTS) is 1. The number of aliphatic hydroxyl groups excluding tert-OH is 1. The van der Waals surface area contributed by atoms with Gasteiger partial charge >= 0.3 is 18.0 Å². The Kier molecular flexibility index (Phi) is 6.61. The summed E-state index contributed by atoms with van der Waals surface area (Å²) < 4.78 is 4.28. The highest BCUT2D eigenvalue weighted by molar-refractivity contribution is 5.80. The number of ether oxygens (including phenoxy) is 1. The molecule has 0 saturated carbocycles. The maximum Gasteiger partial charge on any atom is 0.332 e. The van der Waals surface area contributed by atoms with Crippen molar-refractivity contribution in [3.05, 3.63) is 0 Å². The molecule has 8 nitrogen and oxygen atoms in total. The van der Waals surface area contributed by atoms with E-state index < -0.39 is 24.1 Å². The summed E-state index contributed by atoms with van der Waals surface area (Å²) in [5, 5.41) is 21.6. The van der Waals surface area contributed by atoms with E-state index in [0.29, 0.717) is 0 Å². The van der Waals surface area contributed by atoms with Gasteiger partial charge in [0.2, 0.25) is 0 Å². The highest BCUT2D eigenvalue weighted by atomic mass is 16.5. The zero-order valence-electron chi connectivity index (χ0n) is 8.73. The number of esters is 1. The number of carboxylic acids is 1. The quantitative estimate of drug-likeness (QED) is 0.406. The zero-order chi connectivity index (χ0) is 12.6. The first kappa shape index (κ1) is 14.2. The molecule has 0 aromatic heterocycles. The topological polar surface area (TPSA) is 125 Å². The van der Waals surface area contributed by atoms with Crippen molar-refractivity contribution in [2.45, 2.75) is 12.5 Å². The van der Waals surface area contributed by atoms with Crippen molar-refractivity contribution in [3.63, 3.8) is 0 Å². The van der Waals surface area contributed by atoms with Crippen molar-refractivity contribution < 1.29 is 29.3 Å². The van der Waals surface area contributed by atoms with Gasteiger partial charge in [-0.25, -0.2) is 9.59 Å². The molecule has 0 radical (unpaired) electrons. The average molecular weight is 234 g/mol. The number of nitrogens with one attached hydrogen (secondary N) is 2. The average Bonchev–Trinajstić information content (AvgIpc) is 2.25. The third-order valence-corrected chi connectivity index (χ3v) is 1.61. The first-order valence-electron chi connectivity index (χ1n) is 4.46. The Bertz CT molecular complexity index is 267. The molecule has 0 aromatic rings. The molecule has 0 aromatic carbocycles. The number of aliphatic carboxylic acids is 1. The molecule has 16 heavy (non-hydrogen) atoms. The van der Waals surface area contributed by atoms with Crippen LogP contribution in [0.3, 0.4) is 0 Å². The van der Waals surface area contributed by atoms with Crippen LogP contribution in [0, 0.1) is 0 Å². The number of rotatable bonds is 6. The number of aliphatic hydroxyl groups is 1. The SMILES string of the molecule is COC(=O)CNC(=O)NCCC(O)C(=O)O. The van der Waals surface area contributed by atoms with E-state index >= 15 is 0 Å². The van der Waals surface area contributed by atoms with Crippen molar-refractivity contribution in [2.24, 2.45) is 0 Å². The van der Waals surface area contributed by atoms with Gasteiger partial charge in [0.25, 0.3) is 0 Å². The molecule has 2 amide bonds.